The Morgan fingerprint density at radius 2 is 2.44 bits per heavy atom. The summed E-state index contributed by atoms with van der Waals surface area (Å²) in [5.74, 6) is 1.21. The van der Waals surface area contributed by atoms with E-state index in [0.717, 1.165) is 18.1 Å². The van der Waals surface area contributed by atoms with E-state index in [0.29, 0.717) is 11.8 Å². The zero-order valence-corrected chi connectivity index (χ0v) is 10.5. The van der Waals surface area contributed by atoms with Crippen LogP contribution >= 0.6 is 11.3 Å². The second-order valence-electron chi connectivity index (χ2n) is 4.81. The van der Waals surface area contributed by atoms with Crippen LogP contribution < -0.4 is 5.32 Å². The second-order valence-corrected chi connectivity index (χ2v) is 5.64. The van der Waals surface area contributed by atoms with Crippen LogP contribution in [0.1, 0.15) is 43.5 Å². The summed E-state index contributed by atoms with van der Waals surface area (Å²) in [5.41, 5.74) is 2.80. The SMILES string of the molecule is CC(C)c1csc2ncc(C3CCNC3)n12. The molecular weight excluding hydrogens is 218 g/mol. The van der Waals surface area contributed by atoms with Crippen molar-refractivity contribution in [2.45, 2.75) is 32.1 Å². The van der Waals surface area contributed by atoms with Gasteiger partial charge in [-0.25, -0.2) is 4.98 Å². The van der Waals surface area contributed by atoms with Gasteiger partial charge in [-0.2, -0.15) is 0 Å². The molecule has 1 atom stereocenters. The van der Waals surface area contributed by atoms with Gasteiger partial charge in [-0.3, -0.25) is 4.40 Å². The molecule has 16 heavy (non-hydrogen) atoms. The molecule has 0 aromatic carbocycles. The van der Waals surface area contributed by atoms with Gasteiger partial charge in [-0.05, 0) is 18.9 Å². The van der Waals surface area contributed by atoms with Crippen molar-refractivity contribution < 1.29 is 0 Å². The summed E-state index contributed by atoms with van der Waals surface area (Å²) in [7, 11) is 0. The number of hydrogen-bond acceptors (Lipinski definition) is 3. The highest BCUT2D eigenvalue weighted by Gasteiger charge is 2.22. The number of nitrogens with zero attached hydrogens (tertiary/aromatic N) is 2. The molecule has 0 spiro atoms. The number of fused-ring (bicyclic) bond motifs is 1. The highest BCUT2D eigenvalue weighted by Crippen LogP contribution is 2.29. The minimum Gasteiger partial charge on any atom is -0.316 e. The Morgan fingerprint density at radius 3 is 3.12 bits per heavy atom. The van der Waals surface area contributed by atoms with E-state index in [9.17, 15) is 0 Å². The first-order valence-corrected chi connectivity index (χ1v) is 6.81. The molecule has 0 amide bonds. The molecule has 1 unspecified atom stereocenters. The summed E-state index contributed by atoms with van der Waals surface area (Å²) in [6.07, 6.45) is 3.30. The molecular formula is C12H17N3S. The van der Waals surface area contributed by atoms with Crippen LogP contribution in [0.25, 0.3) is 4.96 Å². The number of imidazole rings is 1. The first-order chi connectivity index (χ1) is 7.77. The topological polar surface area (TPSA) is 29.3 Å². The van der Waals surface area contributed by atoms with Crippen molar-refractivity contribution in [1.29, 1.82) is 0 Å². The average molecular weight is 235 g/mol. The fraction of sp³-hybridized carbons (Fsp3) is 0.583. The maximum Gasteiger partial charge on any atom is 0.194 e. The van der Waals surface area contributed by atoms with Crippen LogP contribution in [0.15, 0.2) is 11.6 Å². The van der Waals surface area contributed by atoms with Gasteiger partial charge in [0.15, 0.2) is 4.96 Å². The van der Waals surface area contributed by atoms with Crippen LogP contribution in [0, 0.1) is 0 Å². The molecule has 86 valence electrons. The van der Waals surface area contributed by atoms with Crippen molar-refractivity contribution in [2.75, 3.05) is 13.1 Å². The average Bonchev–Trinajstić information content (AvgIpc) is 2.93. The van der Waals surface area contributed by atoms with Crippen molar-refractivity contribution in [2.24, 2.45) is 0 Å². The smallest absolute Gasteiger partial charge is 0.194 e. The van der Waals surface area contributed by atoms with Crippen molar-refractivity contribution in [3.63, 3.8) is 0 Å². The van der Waals surface area contributed by atoms with Gasteiger partial charge in [-0.1, -0.05) is 13.8 Å². The Bertz CT molecular complexity index is 491. The van der Waals surface area contributed by atoms with Gasteiger partial charge in [-0.15, -0.1) is 11.3 Å². The van der Waals surface area contributed by atoms with Crippen molar-refractivity contribution in [3.05, 3.63) is 23.0 Å². The van der Waals surface area contributed by atoms with Crippen molar-refractivity contribution in [3.8, 4) is 0 Å². The zero-order chi connectivity index (χ0) is 11.1. The number of aromatic nitrogens is 2. The normalized spacial score (nSPS) is 21.3. The molecule has 3 nitrogen and oxygen atoms in total. The molecule has 1 aliphatic rings. The molecule has 0 radical (unpaired) electrons. The van der Waals surface area contributed by atoms with Crippen LogP contribution in [0.3, 0.4) is 0 Å². The van der Waals surface area contributed by atoms with Gasteiger partial charge in [0.1, 0.15) is 0 Å². The lowest BCUT2D eigenvalue weighted by Crippen LogP contribution is -2.10. The van der Waals surface area contributed by atoms with Crippen molar-refractivity contribution >= 4 is 16.3 Å². The zero-order valence-electron chi connectivity index (χ0n) is 9.73. The number of rotatable bonds is 2. The fourth-order valence-corrected chi connectivity index (χ4v) is 3.48. The van der Waals surface area contributed by atoms with Gasteiger partial charge in [0, 0.05) is 29.2 Å². The standard InChI is InChI=1S/C12H17N3S/c1-8(2)11-7-16-12-14-6-10(15(11)12)9-3-4-13-5-9/h6-9,13H,3-5H2,1-2H3. The summed E-state index contributed by atoms with van der Waals surface area (Å²) >= 11 is 1.75. The molecule has 1 saturated heterocycles. The molecule has 0 aliphatic carbocycles. The molecule has 1 N–H and O–H groups in total. The molecule has 0 bridgehead atoms. The first kappa shape index (κ1) is 10.3. The Hall–Kier alpha value is -0.870. The van der Waals surface area contributed by atoms with E-state index in [1.807, 2.05) is 0 Å². The highest BCUT2D eigenvalue weighted by atomic mass is 32.1. The van der Waals surface area contributed by atoms with Crippen LogP contribution in [0.4, 0.5) is 0 Å². The Labute approximate surface area is 99.5 Å². The molecule has 2 aromatic rings. The van der Waals surface area contributed by atoms with Gasteiger partial charge >= 0.3 is 0 Å². The van der Waals surface area contributed by atoms with Crippen LogP contribution in [-0.4, -0.2) is 22.5 Å². The Morgan fingerprint density at radius 1 is 1.56 bits per heavy atom. The van der Waals surface area contributed by atoms with E-state index in [1.54, 1.807) is 11.3 Å². The predicted molar refractivity (Wildman–Crippen MR) is 67.4 cm³/mol. The maximum absolute atomic E-state index is 4.52. The minimum atomic E-state index is 0.566. The molecule has 1 fully saturated rings. The maximum atomic E-state index is 4.52. The third kappa shape index (κ3) is 1.48. The highest BCUT2D eigenvalue weighted by molar-refractivity contribution is 7.15. The quantitative estimate of drug-likeness (QED) is 0.867. The lowest BCUT2D eigenvalue weighted by molar-refractivity contribution is 0.703. The van der Waals surface area contributed by atoms with Crippen molar-refractivity contribution in [1.82, 2.24) is 14.7 Å². The van der Waals surface area contributed by atoms with E-state index >= 15 is 0 Å². The van der Waals surface area contributed by atoms with Gasteiger partial charge in [0.05, 0.1) is 6.20 Å². The van der Waals surface area contributed by atoms with Crippen LogP contribution in [-0.2, 0) is 0 Å². The molecule has 1 aliphatic heterocycles. The summed E-state index contributed by atoms with van der Waals surface area (Å²) in [6, 6.07) is 0. The molecule has 0 saturated carbocycles. The number of hydrogen-bond donors (Lipinski definition) is 1. The fourth-order valence-electron chi connectivity index (χ4n) is 2.45. The Kier molecular flexibility index (Phi) is 2.48. The summed E-state index contributed by atoms with van der Waals surface area (Å²) in [6.45, 7) is 6.73. The Balaban J connectivity index is 2.12. The van der Waals surface area contributed by atoms with Crippen LogP contribution in [0.5, 0.6) is 0 Å². The molecule has 2 aromatic heterocycles. The molecule has 3 rings (SSSR count). The number of nitrogens with one attached hydrogen (secondary N) is 1. The van der Waals surface area contributed by atoms with Gasteiger partial charge < -0.3 is 5.32 Å². The largest absolute Gasteiger partial charge is 0.316 e. The molecule has 4 heteroatoms. The third-order valence-electron chi connectivity index (χ3n) is 3.37. The number of thiazole rings is 1. The van der Waals surface area contributed by atoms with Gasteiger partial charge in [0.25, 0.3) is 0 Å². The lowest BCUT2D eigenvalue weighted by Gasteiger charge is -2.10. The first-order valence-electron chi connectivity index (χ1n) is 5.93. The van der Waals surface area contributed by atoms with E-state index in [2.05, 4.69) is 40.1 Å². The van der Waals surface area contributed by atoms with Crippen LogP contribution in [0.2, 0.25) is 0 Å². The van der Waals surface area contributed by atoms with E-state index in [-0.39, 0.29) is 0 Å². The second kappa shape index (κ2) is 3.86. The predicted octanol–water partition coefficient (Wildman–Crippen LogP) is 2.60. The van der Waals surface area contributed by atoms with E-state index < -0.39 is 0 Å². The van der Waals surface area contributed by atoms with Gasteiger partial charge in [0.2, 0.25) is 0 Å². The minimum absolute atomic E-state index is 0.566. The summed E-state index contributed by atoms with van der Waals surface area (Å²) in [4.78, 5) is 5.66. The van der Waals surface area contributed by atoms with E-state index in [1.165, 1.54) is 17.8 Å². The third-order valence-corrected chi connectivity index (χ3v) is 4.23. The molecule has 3 heterocycles. The summed E-state index contributed by atoms with van der Waals surface area (Å²) in [5, 5.41) is 5.68. The monoisotopic (exact) mass is 235 g/mol. The summed E-state index contributed by atoms with van der Waals surface area (Å²) < 4.78 is 2.37. The lowest BCUT2D eigenvalue weighted by atomic mass is 10.1. The van der Waals surface area contributed by atoms with E-state index in [4.69, 9.17) is 0 Å².